The number of carbonyl (C=O) groups is 1. The van der Waals surface area contributed by atoms with Crippen molar-refractivity contribution in [1.29, 1.82) is 0 Å². The third-order valence-electron chi connectivity index (χ3n) is 3.08. The third-order valence-corrected chi connectivity index (χ3v) is 4.77. The van der Waals surface area contributed by atoms with E-state index in [2.05, 4.69) is 4.72 Å². The molecule has 1 N–H and O–H groups in total. The molecule has 1 aromatic rings. The van der Waals surface area contributed by atoms with Gasteiger partial charge in [0.2, 0.25) is 0 Å². The van der Waals surface area contributed by atoms with Gasteiger partial charge in [0.1, 0.15) is 5.69 Å². The van der Waals surface area contributed by atoms with Crippen LogP contribution in [-0.4, -0.2) is 38.7 Å². The van der Waals surface area contributed by atoms with Crippen LogP contribution in [0, 0.1) is 0 Å². The van der Waals surface area contributed by atoms with Crippen molar-refractivity contribution in [1.82, 2.24) is 9.29 Å². The van der Waals surface area contributed by atoms with Crippen LogP contribution in [0.3, 0.4) is 0 Å². The Morgan fingerprint density at radius 1 is 1.43 bits per heavy atom. The van der Waals surface area contributed by atoms with Crippen LogP contribution in [0.15, 0.2) is 12.3 Å². The number of anilines is 1. The maximum Gasteiger partial charge on any atom is 0.355 e. The van der Waals surface area contributed by atoms with Crippen LogP contribution in [0.4, 0.5) is 5.69 Å². The van der Waals surface area contributed by atoms with Gasteiger partial charge in [-0.2, -0.15) is 13.1 Å². The van der Waals surface area contributed by atoms with E-state index < -0.39 is 16.2 Å². The summed E-state index contributed by atoms with van der Waals surface area (Å²) in [7, 11) is -0.691. The largest absolute Gasteiger partial charge is 0.464 e. The van der Waals surface area contributed by atoms with Crippen molar-refractivity contribution in [3.63, 3.8) is 0 Å². The van der Waals surface area contributed by atoms with Gasteiger partial charge in [0.15, 0.2) is 0 Å². The predicted octanol–water partition coefficient (Wildman–Crippen LogP) is 0.888. The second kappa shape index (κ2) is 5.53. The van der Waals surface area contributed by atoms with Crippen LogP contribution in [-0.2, 0) is 22.0 Å². The number of carbonyl (C=O) groups excluding carboxylic acids is 1. The molecule has 0 unspecified atom stereocenters. The van der Waals surface area contributed by atoms with Crippen LogP contribution in [0.25, 0.3) is 6.08 Å². The van der Waals surface area contributed by atoms with Crippen LogP contribution >= 0.6 is 0 Å². The summed E-state index contributed by atoms with van der Waals surface area (Å²) in [6, 6.07) is -0.215. The number of esters is 1. The fraction of sp³-hybridized carbons (Fsp3) is 0.462. The second-order valence-corrected chi connectivity index (χ2v) is 6.72. The van der Waals surface area contributed by atoms with E-state index in [0.717, 1.165) is 0 Å². The first-order valence-corrected chi connectivity index (χ1v) is 7.96. The Morgan fingerprint density at radius 3 is 2.67 bits per heavy atom. The summed E-state index contributed by atoms with van der Waals surface area (Å²) in [5, 5.41) is 0. The quantitative estimate of drug-likeness (QED) is 0.837. The zero-order chi connectivity index (χ0) is 15.8. The summed E-state index contributed by atoms with van der Waals surface area (Å²) in [5.74, 6) is -0.500. The molecule has 0 aromatic carbocycles. The Balaban J connectivity index is 2.51. The van der Waals surface area contributed by atoms with Crippen molar-refractivity contribution in [3.05, 3.63) is 23.5 Å². The molecule has 0 saturated heterocycles. The highest BCUT2D eigenvalue weighted by molar-refractivity contribution is 7.90. The molecule has 0 spiro atoms. The molecule has 21 heavy (non-hydrogen) atoms. The molecule has 0 amide bonds. The lowest BCUT2D eigenvalue weighted by molar-refractivity contribution is 0.0589. The number of aryl methyl sites for hydroxylation is 1. The summed E-state index contributed by atoms with van der Waals surface area (Å²) >= 11 is 0. The number of hydrogen-bond acceptors (Lipinski definition) is 4. The Bertz CT molecular complexity index is 689. The zero-order valence-electron chi connectivity index (χ0n) is 12.5. The Morgan fingerprint density at radius 2 is 2.10 bits per heavy atom. The molecule has 0 saturated carbocycles. The summed E-state index contributed by atoms with van der Waals surface area (Å²) in [4.78, 5) is 11.8. The molecule has 8 heteroatoms. The fourth-order valence-corrected chi connectivity index (χ4v) is 3.71. The van der Waals surface area contributed by atoms with Crippen molar-refractivity contribution in [2.75, 3.05) is 18.0 Å². The highest BCUT2D eigenvalue weighted by atomic mass is 32.2. The highest BCUT2D eigenvalue weighted by Gasteiger charge is 2.31. The van der Waals surface area contributed by atoms with Crippen LogP contribution in [0.1, 0.15) is 29.9 Å². The summed E-state index contributed by atoms with van der Waals surface area (Å²) < 4.78 is 34.9. The minimum absolute atomic E-state index is 0.215. The van der Waals surface area contributed by atoms with Crippen molar-refractivity contribution in [2.24, 2.45) is 7.05 Å². The standard InChI is InChI=1S/C13H19N3O4S/c1-9(2)14-21(18,19)16-7-5-6-10-11(16)8-15(3)12(10)13(17)20-4/h5-6,8-9,14H,7H2,1-4H3. The number of nitrogens with zero attached hydrogens (tertiary/aromatic N) is 2. The first-order valence-electron chi connectivity index (χ1n) is 6.52. The first kappa shape index (κ1) is 15.6. The lowest BCUT2D eigenvalue weighted by atomic mass is 10.1. The molecule has 1 aliphatic heterocycles. The first-order chi connectivity index (χ1) is 9.77. The number of methoxy groups -OCH3 is 1. The average molecular weight is 313 g/mol. The minimum atomic E-state index is -3.67. The Labute approximate surface area is 124 Å². The Kier molecular flexibility index (Phi) is 4.11. The van der Waals surface area contributed by atoms with Gasteiger partial charge in [-0.3, -0.25) is 4.31 Å². The number of ether oxygens (including phenoxy) is 1. The highest BCUT2D eigenvalue weighted by Crippen LogP contribution is 2.32. The van der Waals surface area contributed by atoms with Gasteiger partial charge >= 0.3 is 16.2 Å². The van der Waals surface area contributed by atoms with E-state index in [1.165, 1.54) is 11.4 Å². The van der Waals surface area contributed by atoms with Crippen LogP contribution < -0.4 is 9.03 Å². The molecule has 0 aliphatic carbocycles. The van der Waals surface area contributed by atoms with Gasteiger partial charge in [0, 0.05) is 24.8 Å². The van der Waals surface area contributed by atoms with Gasteiger partial charge in [-0.25, -0.2) is 4.79 Å². The molecular formula is C13H19N3O4S. The van der Waals surface area contributed by atoms with E-state index in [-0.39, 0.29) is 12.6 Å². The number of hydrogen-bond donors (Lipinski definition) is 1. The lowest BCUT2D eigenvalue weighted by Crippen LogP contribution is -2.44. The molecule has 0 fully saturated rings. The molecule has 2 rings (SSSR count). The number of aromatic nitrogens is 1. The molecule has 0 atom stereocenters. The van der Waals surface area contributed by atoms with Gasteiger partial charge in [-0.15, -0.1) is 0 Å². The fourth-order valence-electron chi connectivity index (χ4n) is 2.30. The molecule has 116 valence electrons. The van der Waals surface area contributed by atoms with Gasteiger partial charge in [-0.1, -0.05) is 12.2 Å². The molecular weight excluding hydrogens is 294 g/mol. The lowest BCUT2D eigenvalue weighted by Gasteiger charge is -2.26. The molecule has 7 nitrogen and oxygen atoms in total. The van der Waals surface area contributed by atoms with Gasteiger partial charge < -0.3 is 9.30 Å². The zero-order valence-corrected chi connectivity index (χ0v) is 13.3. The van der Waals surface area contributed by atoms with Gasteiger partial charge in [-0.05, 0) is 13.8 Å². The molecule has 0 bridgehead atoms. The average Bonchev–Trinajstić information content (AvgIpc) is 2.71. The SMILES string of the molecule is COC(=O)c1c2c(cn1C)N(S(=O)(=O)NC(C)C)CC=C2. The predicted molar refractivity (Wildman–Crippen MR) is 80.3 cm³/mol. The van der Waals surface area contributed by atoms with E-state index in [9.17, 15) is 13.2 Å². The van der Waals surface area contributed by atoms with Crippen molar-refractivity contribution < 1.29 is 17.9 Å². The van der Waals surface area contributed by atoms with Crippen molar-refractivity contribution in [3.8, 4) is 0 Å². The summed E-state index contributed by atoms with van der Waals surface area (Å²) in [6.07, 6.45) is 5.06. The second-order valence-electron chi connectivity index (χ2n) is 5.09. The van der Waals surface area contributed by atoms with Gasteiger partial charge in [0.05, 0.1) is 19.3 Å². The van der Waals surface area contributed by atoms with E-state index in [1.807, 2.05) is 0 Å². The normalized spacial score (nSPS) is 14.4. The topological polar surface area (TPSA) is 80.6 Å². The van der Waals surface area contributed by atoms with Gasteiger partial charge in [0.25, 0.3) is 0 Å². The summed E-state index contributed by atoms with van der Waals surface area (Å²) in [6.45, 7) is 3.73. The molecule has 1 aromatic heterocycles. The maximum absolute atomic E-state index is 12.4. The molecule has 1 aliphatic rings. The van der Waals surface area contributed by atoms with E-state index in [0.29, 0.717) is 16.9 Å². The van der Waals surface area contributed by atoms with E-state index in [4.69, 9.17) is 4.74 Å². The monoisotopic (exact) mass is 313 g/mol. The minimum Gasteiger partial charge on any atom is -0.464 e. The third kappa shape index (κ3) is 2.81. The Hall–Kier alpha value is -1.80. The number of nitrogens with one attached hydrogen (secondary N) is 1. The van der Waals surface area contributed by atoms with E-state index in [1.54, 1.807) is 43.8 Å². The molecule has 0 radical (unpaired) electrons. The van der Waals surface area contributed by atoms with Crippen LogP contribution in [0.5, 0.6) is 0 Å². The van der Waals surface area contributed by atoms with Crippen LogP contribution in [0.2, 0.25) is 0 Å². The maximum atomic E-state index is 12.4. The smallest absolute Gasteiger partial charge is 0.355 e. The van der Waals surface area contributed by atoms with E-state index >= 15 is 0 Å². The van der Waals surface area contributed by atoms with Crippen molar-refractivity contribution in [2.45, 2.75) is 19.9 Å². The number of rotatable bonds is 4. The number of fused-ring (bicyclic) bond motifs is 1. The molecule has 2 heterocycles. The summed E-state index contributed by atoms with van der Waals surface area (Å²) in [5.41, 5.74) is 1.34. The van der Waals surface area contributed by atoms with Crippen molar-refractivity contribution >= 4 is 27.9 Å².